The molecular weight excluding hydrogens is 599 g/mol. The molecule has 0 saturated heterocycles. The Bertz CT molecular complexity index is 1350. The largest absolute Gasteiger partial charge is 0.435 e. The van der Waals surface area contributed by atoms with Crippen molar-refractivity contribution in [2.45, 2.75) is 44.7 Å². The van der Waals surface area contributed by atoms with E-state index in [9.17, 15) is 27.6 Å². The molecular formula is C28H26BrClF3N3O3. The Morgan fingerprint density at radius 1 is 1.03 bits per heavy atom. The average Bonchev–Trinajstić information content (AvgIpc) is 3.39. The van der Waals surface area contributed by atoms with Crippen LogP contribution in [0.15, 0.2) is 59.2 Å². The summed E-state index contributed by atoms with van der Waals surface area (Å²) >= 11 is 9.18. The summed E-state index contributed by atoms with van der Waals surface area (Å²) in [5.41, 5.74) is -0.935. The number of hydrogen-bond donors (Lipinski definition) is 1. The average molecular weight is 625 g/mol. The van der Waals surface area contributed by atoms with E-state index in [2.05, 4.69) is 26.3 Å². The number of carbonyl (C=O) groups is 3. The van der Waals surface area contributed by atoms with Gasteiger partial charge in [-0.25, -0.2) is 4.68 Å². The maximum absolute atomic E-state index is 13.6. The highest BCUT2D eigenvalue weighted by molar-refractivity contribution is 9.10. The Hall–Kier alpha value is -2.98. The van der Waals surface area contributed by atoms with Crippen molar-refractivity contribution < 1.29 is 27.6 Å². The molecule has 1 aliphatic carbocycles. The van der Waals surface area contributed by atoms with Crippen LogP contribution in [0.4, 0.5) is 13.2 Å². The molecule has 39 heavy (non-hydrogen) atoms. The standard InChI is InChI=1S/C28H26BrClF3N3O3/c29-22-15-20(12-13-23(22)30)36-16-21(26(35-36)28(31,32)33)27(39)34-14-4-7-24(37)17-8-10-19(11-9-17)25(38)18-5-2-1-3-6-18/h1-3,5-6,12-13,15-17,19H,4,7-11,14H2,(H,34,39). The predicted octanol–water partition coefficient (Wildman–Crippen LogP) is 7.08. The van der Waals surface area contributed by atoms with E-state index in [1.54, 1.807) is 12.1 Å². The van der Waals surface area contributed by atoms with Gasteiger partial charge in [-0.2, -0.15) is 18.3 Å². The number of alkyl halides is 3. The van der Waals surface area contributed by atoms with Crippen LogP contribution in [-0.2, 0) is 11.0 Å². The van der Waals surface area contributed by atoms with Crippen molar-refractivity contribution in [3.05, 3.63) is 81.0 Å². The molecule has 0 bridgehead atoms. The quantitative estimate of drug-likeness (QED) is 0.204. The minimum atomic E-state index is -4.84. The third-order valence-electron chi connectivity index (χ3n) is 6.89. The van der Waals surface area contributed by atoms with Crippen LogP contribution in [0.25, 0.3) is 5.69 Å². The van der Waals surface area contributed by atoms with Crippen molar-refractivity contribution in [2.24, 2.45) is 11.8 Å². The first-order chi connectivity index (χ1) is 18.5. The number of Topliss-reactive ketones (excluding diaryl/α,β-unsaturated/α-hetero) is 2. The van der Waals surface area contributed by atoms with Crippen LogP contribution in [0.5, 0.6) is 0 Å². The van der Waals surface area contributed by atoms with Gasteiger partial charge in [-0.05, 0) is 66.2 Å². The SMILES string of the molecule is O=C(NCCCC(=O)C1CCC(C(=O)c2ccccc2)CC1)c1cn(-c2ccc(Cl)c(Br)c2)nc1C(F)(F)F. The predicted molar refractivity (Wildman–Crippen MR) is 144 cm³/mol. The summed E-state index contributed by atoms with van der Waals surface area (Å²) in [6.07, 6.45) is -0.761. The highest BCUT2D eigenvalue weighted by atomic mass is 79.9. The molecule has 0 spiro atoms. The highest BCUT2D eigenvalue weighted by Crippen LogP contribution is 2.33. The first-order valence-corrected chi connectivity index (χ1v) is 13.7. The van der Waals surface area contributed by atoms with Gasteiger partial charge in [0.25, 0.3) is 5.91 Å². The summed E-state index contributed by atoms with van der Waals surface area (Å²) in [7, 11) is 0. The molecule has 4 rings (SSSR count). The number of nitrogens with one attached hydrogen (secondary N) is 1. The number of hydrogen-bond acceptors (Lipinski definition) is 4. The van der Waals surface area contributed by atoms with E-state index in [1.165, 1.54) is 18.2 Å². The highest BCUT2D eigenvalue weighted by Gasteiger charge is 2.39. The van der Waals surface area contributed by atoms with Crippen molar-refractivity contribution in [3.63, 3.8) is 0 Å². The molecule has 1 heterocycles. The number of carbonyl (C=O) groups excluding carboxylic acids is 3. The van der Waals surface area contributed by atoms with Crippen LogP contribution in [0, 0.1) is 11.8 Å². The lowest BCUT2D eigenvalue weighted by atomic mass is 9.76. The van der Waals surface area contributed by atoms with Gasteiger partial charge >= 0.3 is 6.18 Å². The molecule has 0 unspecified atom stereocenters. The summed E-state index contributed by atoms with van der Waals surface area (Å²) in [5.74, 6) is -1.00. The number of rotatable bonds is 9. The Balaban J connectivity index is 1.28. The van der Waals surface area contributed by atoms with Gasteiger partial charge in [0.2, 0.25) is 0 Å². The molecule has 1 amide bonds. The van der Waals surface area contributed by atoms with Crippen LogP contribution in [0.2, 0.25) is 5.02 Å². The summed E-state index contributed by atoms with van der Waals surface area (Å²) in [5, 5.41) is 6.44. The molecule has 6 nitrogen and oxygen atoms in total. The van der Waals surface area contributed by atoms with Gasteiger partial charge in [0, 0.05) is 41.0 Å². The number of halogens is 5. The number of benzene rings is 2. The smallest absolute Gasteiger partial charge is 0.352 e. The Labute approximate surface area is 237 Å². The minimum Gasteiger partial charge on any atom is -0.352 e. The summed E-state index contributed by atoms with van der Waals surface area (Å²) in [4.78, 5) is 38.0. The lowest BCUT2D eigenvalue weighted by Gasteiger charge is -2.26. The summed E-state index contributed by atoms with van der Waals surface area (Å²) in [6.45, 7) is 0.0430. The second kappa shape index (κ2) is 12.5. The number of aromatic nitrogens is 2. The summed E-state index contributed by atoms with van der Waals surface area (Å²) in [6, 6.07) is 13.6. The van der Waals surface area contributed by atoms with Crippen LogP contribution in [0.3, 0.4) is 0 Å². The van der Waals surface area contributed by atoms with E-state index in [0.717, 1.165) is 10.9 Å². The molecule has 3 aromatic rings. The van der Waals surface area contributed by atoms with Crippen LogP contribution in [0.1, 0.15) is 64.9 Å². The first-order valence-electron chi connectivity index (χ1n) is 12.6. The van der Waals surface area contributed by atoms with Crippen molar-refractivity contribution in [1.29, 1.82) is 0 Å². The zero-order valence-corrected chi connectivity index (χ0v) is 23.2. The number of ketones is 2. The fourth-order valence-electron chi connectivity index (χ4n) is 4.79. The first kappa shape index (κ1) is 29.0. The fourth-order valence-corrected chi connectivity index (χ4v) is 5.27. The topological polar surface area (TPSA) is 81.1 Å². The Morgan fingerprint density at radius 3 is 2.33 bits per heavy atom. The molecule has 0 radical (unpaired) electrons. The van der Waals surface area contributed by atoms with Gasteiger partial charge in [-0.3, -0.25) is 14.4 Å². The molecule has 0 atom stereocenters. The number of nitrogens with zero attached hydrogens (tertiary/aromatic N) is 2. The zero-order valence-electron chi connectivity index (χ0n) is 20.8. The summed E-state index contributed by atoms with van der Waals surface area (Å²) < 4.78 is 42.3. The molecule has 1 N–H and O–H groups in total. The van der Waals surface area contributed by atoms with Crippen molar-refractivity contribution in [2.75, 3.05) is 6.54 Å². The van der Waals surface area contributed by atoms with Crippen molar-refractivity contribution >= 4 is 45.0 Å². The van der Waals surface area contributed by atoms with Crippen LogP contribution in [-0.4, -0.2) is 33.8 Å². The van der Waals surface area contributed by atoms with Gasteiger partial charge in [0.15, 0.2) is 11.5 Å². The van der Waals surface area contributed by atoms with E-state index < -0.39 is 23.3 Å². The molecule has 206 valence electrons. The lowest BCUT2D eigenvalue weighted by Crippen LogP contribution is -2.28. The molecule has 0 aliphatic heterocycles. The van der Waals surface area contributed by atoms with E-state index in [-0.39, 0.29) is 36.4 Å². The molecule has 2 aromatic carbocycles. The van der Waals surface area contributed by atoms with E-state index in [0.29, 0.717) is 52.9 Å². The molecule has 1 fully saturated rings. The zero-order chi connectivity index (χ0) is 28.2. The molecule has 1 aromatic heterocycles. The fraction of sp³-hybridized carbons (Fsp3) is 0.357. The van der Waals surface area contributed by atoms with Gasteiger partial charge in [-0.15, -0.1) is 0 Å². The minimum absolute atomic E-state index is 0.0430. The third-order valence-corrected chi connectivity index (χ3v) is 8.11. The molecule has 11 heteroatoms. The van der Waals surface area contributed by atoms with Crippen molar-refractivity contribution in [3.8, 4) is 5.69 Å². The van der Waals surface area contributed by atoms with E-state index >= 15 is 0 Å². The monoisotopic (exact) mass is 623 g/mol. The molecule has 1 saturated carbocycles. The van der Waals surface area contributed by atoms with Gasteiger partial charge in [0.1, 0.15) is 5.78 Å². The van der Waals surface area contributed by atoms with E-state index in [4.69, 9.17) is 11.6 Å². The van der Waals surface area contributed by atoms with Crippen LogP contribution < -0.4 is 5.32 Å². The normalized spacial score (nSPS) is 17.6. The van der Waals surface area contributed by atoms with Crippen molar-refractivity contribution in [1.82, 2.24) is 15.1 Å². The Morgan fingerprint density at radius 2 is 1.69 bits per heavy atom. The van der Waals surface area contributed by atoms with E-state index in [1.807, 2.05) is 18.2 Å². The third kappa shape index (κ3) is 7.16. The van der Waals surface area contributed by atoms with Crippen LogP contribution >= 0.6 is 27.5 Å². The second-order valence-electron chi connectivity index (χ2n) is 9.54. The Kier molecular flexibility index (Phi) is 9.27. The van der Waals surface area contributed by atoms with Gasteiger partial charge in [-0.1, -0.05) is 41.9 Å². The maximum atomic E-state index is 13.6. The second-order valence-corrected chi connectivity index (χ2v) is 10.8. The molecule has 1 aliphatic rings. The maximum Gasteiger partial charge on any atom is 0.435 e. The number of amides is 1. The lowest BCUT2D eigenvalue weighted by molar-refractivity contribution is -0.141. The van der Waals surface area contributed by atoms with Gasteiger partial charge in [0.05, 0.1) is 16.3 Å². The van der Waals surface area contributed by atoms with Gasteiger partial charge < -0.3 is 5.32 Å².